The van der Waals surface area contributed by atoms with E-state index in [2.05, 4.69) is 15.9 Å². The Morgan fingerprint density at radius 1 is 1.06 bits per heavy atom. The van der Waals surface area contributed by atoms with Crippen molar-refractivity contribution in [2.75, 3.05) is 0 Å². The van der Waals surface area contributed by atoms with Crippen molar-refractivity contribution in [1.82, 2.24) is 0 Å². The zero-order valence-corrected chi connectivity index (χ0v) is 11.3. The Labute approximate surface area is 114 Å². The highest BCUT2D eigenvalue weighted by molar-refractivity contribution is 9.10. The highest BCUT2D eigenvalue weighted by Gasteiger charge is 2.19. The lowest BCUT2D eigenvalue weighted by Gasteiger charge is -2.13. The van der Waals surface area contributed by atoms with Gasteiger partial charge in [-0.25, -0.2) is 0 Å². The van der Waals surface area contributed by atoms with Crippen molar-refractivity contribution < 1.29 is 9.90 Å². The van der Waals surface area contributed by atoms with Crippen molar-refractivity contribution in [2.24, 2.45) is 0 Å². The first kappa shape index (κ1) is 12.8. The molecule has 2 rings (SSSR count). The summed E-state index contributed by atoms with van der Waals surface area (Å²) in [4.78, 5) is 11.4. The van der Waals surface area contributed by atoms with E-state index in [4.69, 9.17) is 0 Å². The van der Waals surface area contributed by atoms with Gasteiger partial charge in [0.25, 0.3) is 0 Å². The molecule has 0 aliphatic carbocycles. The summed E-state index contributed by atoms with van der Waals surface area (Å²) in [6, 6.07) is 17.1. The fourth-order valence-electron chi connectivity index (χ4n) is 1.89. The van der Waals surface area contributed by atoms with E-state index in [-0.39, 0.29) is 0 Å². The van der Waals surface area contributed by atoms with Crippen LogP contribution in [0.1, 0.15) is 17.0 Å². The van der Waals surface area contributed by atoms with E-state index in [1.807, 2.05) is 54.6 Å². The van der Waals surface area contributed by atoms with Crippen molar-refractivity contribution >= 4 is 21.9 Å². The number of rotatable bonds is 4. The van der Waals surface area contributed by atoms with Gasteiger partial charge in [-0.2, -0.15) is 0 Å². The standard InChI is InChI=1S/C15H13BrO2/c16-13-8-6-12(7-9-13)14(15(17)18)10-11-4-2-1-3-5-11/h1-9,14H,10H2,(H,17,18). The van der Waals surface area contributed by atoms with Gasteiger partial charge >= 0.3 is 5.97 Å². The normalized spacial score (nSPS) is 12.1. The lowest BCUT2D eigenvalue weighted by Crippen LogP contribution is -2.14. The van der Waals surface area contributed by atoms with Gasteiger partial charge in [-0.1, -0.05) is 58.4 Å². The molecule has 0 spiro atoms. The molecule has 3 heteroatoms. The van der Waals surface area contributed by atoms with Crippen LogP contribution in [-0.2, 0) is 11.2 Å². The summed E-state index contributed by atoms with van der Waals surface area (Å²) in [5.41, 5.74) is 1.86. The Morgan fingerprint density at radius 3 is 2.22 bits per heavy atom. The smallest absolute Gasteiger partial charge is 0.311 e. The maximum absolute atomic E-state index is 11.4. The molecule has 0 amide bonds. The predicted octanol–water partition coefficient (Wildman–Crippen LogP) is 3.86. The van der Waals surface area contributed by atoms with Crippen molar-refractivity contribution in [2.45, 2.75) is 12.3 Å². The van der Waals surface area contributed by atoms with Crippen LogP contribution in [0, 0.1) is 0 Å². The third-order valence-corrected chi connectivity index (χ3v) is 3.38. The minimum Gasteiger partial charge on any atom is -0.481 e. The molecule has 2 aromatic carbocycles. The summed E-state index contributed by atoms with van der Waals surface area (Å²) in [7, 11) is 0. The molecule has 0 heterocycles. The van der Waals surface area contributed by atoms with Gasteiger partial charge in [0, 0.05) is 4.47 Å². The molecule has 2 aromatic rings. The molecular formula is C15H13BrO2. The quantitative estimate of drug-likeness (QED) is 0.931. The number of halogens is 1. The van der Waals surface area contributed by atoms with Crippen LogP contribution in [0.2, 0.25) is 0 Å². The molecule has 1 unspecified atom stereocenters. The number of hydrogen-bond donors (Lipinski definition) is 1. The minimum atomic E-state index is -0.791. The largest absolute Gasteiger partial charge is 0.481 e. The van der Waals surface area contributed by atoms with Crippen molar-refractivity contribution in [3.63, 3.8) is 0 Å². The fourth-order valence-corrected chi connectivity index (χ4v) is 2.16. The highest BCUT2D eigenvalue weighted by Crippen LogP contribution is 2.23. The molecule has 0 fully saturated rings. The summed E-state index contributed by atoms with van der Waals surface area (Å²) in [5.74, 6) is -1.29. The number of carboxylic acids is 1. The molecule has 1 atom stereocenters. The van der Waals surface area contributed by atoms with E-state index >= 15 is 0 Å². The number of benzene rings is 2. The zero-order chi connectivity index (χ0) is 13.0. The average molecular weight is 305 g/mol. The third-order valence-electron chi connectivity index (χ3n) is 2.85. The van der Waals surface area contributed by atoms with Gasteiger partial charge in [-0.05, 0) is 29.7 Å². The zero-order valence-electron chi connectivity index (χ0n) is 9.71. The first-order valence-corrected chi connectivity index (χ1v) is 6.48. The Kier molecular flexibility index (Phi) is 4.15. The van der Waals surface area contributed by atoms with E-state index in [0.717, 1.165) is 15.6 Å². The molecule has 0 aromatic heterocycles. The maximum Gasteiger partial charge on any atom is 0.311 e. The van der Waals surface area contributed by atoms with E-state index < -0.39 is 11.9 Å². The molecule has 0 bridgehead atoms. The number of hydrogen-bond acceptors (Lipinski definition) is 1. The van der Waals surface area contributed by atoms with Crippen LogP contribution in [0.25, 0.3) is 0 Å². The van der Waals surface area contributed by atoms with E-state index in [1.165, 1.54) is 0 Å². The molecule has 0 saturated carbocycles. The Morgan fingerprint density at radius 2 is 1.67 bits per heavy atom. The van der Waals surface area contributed by atoms with Gasteiger partial charge in [0.05, 0.1) is 5.92 Å². The van der Waals surface area contributed by atoms with Crippen LogP contribution in [-0.4, -0.2) is 11.1 Å². The molecule has 0 saturated heterocycles. The molecule has 92 valence electrons. The van der Waals surface area contributed by atoms with E-state index in [1.54, 1.807) is 0 Å². The van der Waals surface area contributed by atoms with Gasteiger partial charge < -0.3 is 5.11 Å². The summed E-state index contributed by atoms with van der Waals surface area (Å²) in [6.07, 6.45) is 0.512. The Hall–Kier alpha value is -1.61. The average Bonchev–Trinajstić information content (AvgIpc) is 2.38. The molecule has 0 radical (unpaired) electrons. The molecular weight excluding hydrogens is 292 g/mol. The molecule has 2 nitrogen and oxygen atoms in total. The third kappa shape index (κ3) is 3.20. The van der Waals surface area contributed by atoms with Crippen LogP contribution in [0.4, 0.5) is 0 Å². The number of aliphatic carboxylic acids is 1. The van der Waals surface area contributed by atoms with Gasteiger partial charge in [0.1, 0.15) is 0 Å². The lowest BCUT2D eigenvalue weighted by molar-refractivity contribution is -0.138. The summed E-state index contributed by atoms with van der Waals surface area (Å²) in [6.45, 7) is 0. The van der Waals surface area contributed by atoms with E-state index in [9.17, 15) is 9.90 Å². The van der Waals surface area contributed by atoms with Gasteiger partial charge in [-0.3, -0.25) is 4.79 Å². The first-order valence-electron chi connectivity index (χ1n) is 5.69. The first-order chi connectivity index (χ1) is 8.66. The molecule has 0 aliphatic rings. The predicted molar refractivity (Wildman–Crippen MR) is 74.7 cm³/mol. The highest BCUT2D eigenvalue weighted by atomic mass is 79.9. The topological polar surface area (TPSA) is 37.3 Å². The number of carboxylic acid groups (broad SMARTS) is 1. The van der Waals surface area contributed by atoms with Crippen LogP contribution in [0.3, 0.4) is 0 Å². The second-order valence-corrected chi connectivity index (χ2v) is 5.05. The second-order valence-electron chi connectivity index (χ2n) is 4.13. The summed E-state index contributed by atoms with van der Waals surface area (Å²) in [5, 5.41) is 9.35. The molecule has 18 heavy (non-hydrogen) atoms. The Balaban J connectivity index is 2.24. The van der Waals surface area contributed by atoms with Gasteiger partial charge in [0.2, 0.25) is 0 Å². The molecule has 0 aliphatic heterocycles. The van der Waals surface area contributed by atoms with E-state index in [0.29, 0.717) is 6.42 Å². The summed E-state index contributed by atoms with van der Waals surface area (Å²) < 4.78 is 0.954. The van der Waals surface area contributed by atoms with Gasteiger partial charge in [-0.15, -0.1) is 0 Å². The maximum atomic E-state index is 11.4. The monoisotopic (exact) mass is 304 g/mol. The van der Waals surface area contributed by atoms with Crippen molar-refractivity contribution in [1.29, 1.82) is 0 Å². The minimum absolute atomic E-state index is 0.500. The Bertz CT molecular complexity index is 520. The van der Waals surface area contributed by atoms with Crippen LogP contribution >= 0.6 is 15.9 Å². The summed E-state index contributed by atoms with van der Waals surface area (Å²) >= 11 is 3.35. The van der Waals surface area contributed by atoms with Crippen LogP contribution in [0.15, 0.2) is 59.1 Å². The van der Waals surface area contributed by atoms with Gasteiger partial charge in [0.15, 0.2) is 0 Å². The van der Waals surface area contributed by atoms with Crippen molar-refractivity contribution in [3.8, 4) is 0 Å². The van der Waals surface area contributed by atoms with Crippen LogP contribution in [0.5, 0.6) is 0 Å². The second kappa shape index (κ2) is 5.83. The SMILES string of the molecule is O=C(O)C(Cc1ccccc1)c1ccc(Br)cc1. The molecule has 1 N–H and O–H groups in total. The fraction of sp³-hybridized carbons (Fsp3) is 0.133. The van der Waals surface area contributed by atoms with Crippen molar-refractivity contribution in [3.05, 3.63) is 70.2 Å². The van der Waals surface area contributed by atoms with Crippen LogP contribution < -0.4 is 0 Å². The lowest BCUT2D eigenvalue weighted by atomic mass is 9.92. The number of carbonyl (C=O) groups is 1.